The second kappa shape index (κ2) is 10.6. The highest BCUT2D eigenvalue weighted by Gasteiger charge is 2.07. The van der Waals surface area contributed by atoms with Gasteiger partial charge in [0.25, 0.3) is 0 Å². The van der Waals surface area contributed by atoms with Gasteiger partial charge in [0, 0.05) is 0 Å². The molecule has 0 spiro atoms. The third kappa shape index (κ3) is 8.61. The molecule has 0 bridgehead atoms. The lowest BCUT2D eigenvalue weighted by atomic mass is 10.2. The van der Waals surface area contributed by atoms with Gasteiger partial charge in [0.1, 0.15) is 13.2 Å². The molecule has 0 atom stereocenters. The van der Waals surface area contributed by atoms with Gasteiger partial charge >= 0.3 is 5.97 Å². The van der Waals surface area contributed by atoms with E-state index in [1.165, 1.54) is 0 Å². The van der Waals surface area contributed by atoms with Gasteiger partial charge in [-0.25, -0.2) is 0 Å². The Balaban J connectivity index is 0.00000400. The van der Waals surface area contributed by atoms with Crippen LogP contribution in [0.1, 0.15) is 5.56 Å². The first-order valence-electron chi connectivity index (χ1n) is 6.05. The van der Waals surface area contributed by atoms with Crippen LogP contribution < -0.4 is 16.4 Å². The highest BCUT2D eigenvalue weighted by molar-refractivity contribution is 5.87. The Hall–Kier alpha value is -2.12. The van der Waals surface area contributed by atoms with Crippen LogP contribution in [0.15, 0.2) is 30.3 Å². The van der Waals surface area contributed by atoms with Gasteiger partial charge in [0.05, 0.1) is 13.1 Å². The zero-order valence-corrected chi connectivity index (χ0v) is 12.2. The second-order valence-corrected chi connectivity index (χ2v) is 3.90. The molecule has 0 saturated carbocycles. The SMILES string of the molecule is Cl.NCC(=O)NCC(=O)NCC(=O)OCc1ccccc1. The molecule has 0 aliphatic heterocycles. The minimum atomic E-state index is -0.549. The van der Waals surface area contributed by atoms with Crippen LogP contribution in [0, 0.1) is 0 Å². The molecule has 1 aromatic rings. The van der Waals surface area contributed by atoms with E-state index in [9.17, 15) is 14.4 Å². The van der Waals surface area contributed by atoms with Gasteiger partial charge in [0.15, 0.2) is 0 Å². The lowest BCUT2D eigenvalue weighted by Crippen LogP contribution is -2.41. The summed E-state index contributed by atoms with van der Waals surface area (Å²) in [4.78, 5) is 33.4. The van der Waals surface area contributed by atoms with E-state index in [-0.39, 0.29) is 38.6 Å². The van der Waals surface area contributed by atoms with Gasteiger partial charge in [0.2, 0.25) is 11.8 Å². The lowest BCUT2D eigenvalue weighted by molar-refractivity contribution is -0.145. The number of carbonyl (C=O) groups is 3. The quantitative estimate of drug-likeness (QED) is 0.579. The fourth-order valence-corrected chi connectivity index (χ4v) is 1.27. The van der Waals surface area contributed by atoms with E-state index in [0.717, 1.165) is 5.56 Å². The van der Waals surface area contributed by atoms with E-state index in [4.69, 9.17) is 10.5 Å². The van der Waals surface area contributed by atoms with E-state index in [0.29, 0.717) is 0 Å². The highest BCUT2D eigenvalue weighted by atomic mass is 35.5. The maximum Gasteiger partial charge on any atom is 0.325 e. The van der Waals surface area contributed by atoms with Gasteiger partial charge in [-0.2, -0.15) is 0 Å². The molecule has 0 fully saturated rings. The lowest BCUT2D eigenvalue weighted by Gasteiger charge is -2.07. The summed E-state index contributed by atoms with van der Waals surface area (Å²) in [5.41, 5.74) is 5.92. The summed E-state index contributed by atoms with van der Waals surface area (Å²) in [5.74, 6) is -1.47. The summed E-state index contributed by atoms with van der Waals surface area (Å²) < 4.78 is 4.96. The minimum absolute atomic E-state index is 0. The molecule has 0 saturated heterocycles. The molecule has 4 N–H and O–H groups in total. The fourth-order valence-electron chi connectivity index (χ4n) is 1.27. The molecule has 0 radical (unpaired) electrons. The average molecular weight is 316 g/mol. The normalized spacial score (nSPS) is 9.19. The molecule has 0 heterocycles. The summed E-state index contributed by atoms with van der Waals surface area (Å²) in [6.07, 6.45) is 0. The summed E-state index contributed by atoms with van der Waals surface area (Å²) in [6, 6.07) is 9.19. The maximum absolute atomic E-state index is 11.4. The van der Waals surface area contributed by atoms with Crippen molar-refractivity contribution >= 4 is 30.2 Å². The molecule has 7 nitrogen and oxygen atoms in total. The third-order valence-electron chi connectivity index (χ3n) is 2.30. The first-order chi connectivity index (χ1) is 9.61. The predicted molar refractivity (Wildman–Crippen MR) is 78.6 cm³/mol. The van der Waals surface area contributed by atoms with Crippen LogP contribution in [0.2, 0.25) is 0 Å². The Labute approximate surface area is 128 Å². The van der Waals surface area contributed by atoms with Crippen LogP contribution in [0.3, 0.4) is 0 Å². The van der Waals surface area contributed by atoms with Crippen molar-refractivity contribution in [3.8, 4) is 0 Å². The summed E-state index contributed by atoms with van der Waals surface area (Å²) >= 11 is 0. The summed E-state index contributed by atoms with van der Waals surface area (Å²) in [7, 11) is 0. The Kier molecular flexibility index (Phi) is 9.57. The topological polar surface area (TPSA) is 111 Å². The van der Waals surface area contributed by atoms with Crippen molar-refractivity contribution in [3.63, 3.8) is 0 Å². The van der Waals surface area contributed by atoms with Crippen LogP contribution in [-0.2, 0) is 25.7 Å². The molecular weight excluding hydrogens is 298 g/mol. The van der Waals surface area contributed by atoms with E-state index < -0.39 is 17.8 Å². The van der Waals surface area contributed by atoms with Crippen molar-refractivity contribution in [2.45, 2.75) is 6.61 Å². The van der Waals surface area contributed by atoms with Gasteiger partial charge in [-0.1, -0.05) is 30.3 Å². The monoisotopic (exact) mass is 315 g/mol. The summed E-state index contributed by atoms with van der Waals surface area (Å²) in [6.45, 7) is -0.502. The number of nitrogens with two attached hydrogens (primary N) is 1. The van der Waals surface area contributed by atoms with Gasteiger partial charge in [-0.3, -0.25) is 14.4 Å². The number of halogens is 1. The molecule has 1 rings (SSSR count). The standard InChI is InChI=1S/C13H17N3O4.ClH/c14-6-11(17)15-7-12(18)16-8-13(19)20-9-10-4-2-1-3-5-10;/h1-5H,6-9,14H2,(H,15,17)(H,16,18);1H. The van der Waals surface area contributed by atoms with Gasteiger partial charge in [-0.05, 0) is 5.56 Å². The maximum atomic E-state index is 11.4. The number of nitrogens with one attached hydrogen (secondary N) is 2. The molecule has 0 aliphatic rings. The van der Waals surface area contributed by atoms with Crippen LogP contribution in [0.5, 0.6) is 0 Å². The number of esters is 1. The number of ether oxygens (including phenoxy) is 1. The van der Waals surface area contributed by atoms with E-state index in [1.54, 1.807) is 0 Å². The van der Waals surface area contributed by atoms with Crippen molar-refractivity contribution in [2.75, 3.05) is 19.6 Å². The first-order valence-corrected chi connectivity index (χ1v) is 6.05. The summed E-state index contributed by atoms with van der Waals surface area (Å²) in [5, 5.41) is 4.61. The molecule has 21 heavy (non-hydrogen) atoms. The first kappa shape index (κ1) is 18.9. The zero-order chi connectivity index (χ0) is 14.8. The molecule has 0 aliphatic carbocycles. The van der Waals surface area contributed by atoms with Crippen molar-refractivity contribution in [3.05, 3.63) is 35.9 Å². The van der Waals surface area contributed by atoms with Crippen molar-refractivity contribution < 1.29 is 19.1 Å². The minimum Gasteiger partial charge on any atom is -0.460 e. The average Bonchev–Trinajstić information content (AvgIpc) is 2.49. The van der Waals surface area contributed by atoms with Crippen LogP contribution in [-0.4, -0.2) is 37.4 Å². The third-order valence-corrected chi connectivity index (χ3v) is 2.30. The molecule has 0 aromatic heterocycles. The van der Waals surface area contributed by atoms with Gasteiger partial charge in [-0.15, -0.1) is 12.4 Å². The highest BCUT2D eigenvalue weighted by Crippen LogP contribution is 2.00. The van der Waals surface area contributed by atoms with Crippen molar-refractivity contribution in [1.29, 1.82) is 0 Å². The Bertz CT molecular complexity index is 468. The smallest absolute Gasteiger partial charge is 0.325 e. The van der Waals surface area contributed by atoms with E-state index in [1.807, 2.05) is 30.3 Å². The zero-order valence-electron chi connectivity index (χ0n) is 11.3. The molecular formula is C13H18ClN3O4. The number of hydrogen-bond donors (Lipinski definition) is 3. The molecule has 1 aromatic carbocycles. The number of hydrogen-bond acceptors (Lipinski definition) is 5. The Morgan fingerprint density at radius 1 is 1.00 bits per heavy atom. The Morgan fingerprint density at radius 2 is 1.62 bits per heavy atom. The van der Waals surface area contributed by atoms with E-state index >= 15 is 0 Å². The number of rotatable bonds is 7. The number of benzene rings is 1. The van der Waals surface area contributed by atoms with Crippen LogP contribution in [0.25, 0.3) is 0 Å². The number of carbonyl (C=O) groups excluding carboxylic acids is 3. The molecule has 0 unspecified atom stereocenters. The van der Waals surface area contributed by atoms with Crippen molar-refractivity contribution in [1.82, 2.24) is 10.6 Å². The van der Waals surface area contributed by atoms with Crippen LogP contribution >= 0.6 is 12.4 Å². The van der Waals surface area contributed by atoms with Crippen molar-refractivity contribution in [2.24, 2.45) is 5.73 Å². The fraction of sp³-hybridized carbons (Fsp3) is 0.308. The molecule has 2 amide bonds. The van der Waals surface area contributed by atoms with E-state index in [2.05, 4.69) is 10.6 Å². The molecule has 8 heteroatoms. The Morgan fingerprint density at radius 3 is 2.24 bits per heavy atom. The number of amides is 2. The second-order valence-electron chi connectivity index (χ2n) is 3.90. The molecule has 116 valence electrons. The predicted octanol–water partition coefficient (Wildman–Crippen LogP) is -0.657. The van der Waals surface area contributed by atoms with Gasteiger partial charge < -0.3 is 21.1 Å². The van der Waals surface area contributed by atoms with Crippen LogP contribution in [0.4, 0.5) is 0 Å². The largest absolute Gasteiger partial charge is 0.460 e.